The van der Waals surface area contributed by atoms with Crippen LogP contribution < -0.4 is 5.32 Å². The molecule has 1 fully saturated rings. The Labute approximate surface area is 195 Å². The summed E-state index contributed by atoms with van der Waals surface area (Å²) in [6, 6.07) is 15.4. The molecule has 2 aromatic carbocycles. The Bertz CT molecular complexity index is 1250. The SMILES string of the molecule is Cc1cccc(C)c1NC(=O)C1CCN(S(=O)(=O)c2c(C)nn(-c3ccccc3)c2C)CC1. The summed E-state index contributed by atoms with van der Waals surface area (Å²) in [5.74, 6) is -0.265. The van der Waals surface area contributed by atoms with Crippen molar-refractivity contribution in [3.05, 3.63) is 71.0 Å². The maximum absolute atomic E-state index is 13.5. The molecule has 8 heteroatoms. The summed E-state index contributed by atoms with van der Waals surface area (Å²) in [6.45, 7) is 8.07. The molecule has 1 aliphatic rings. The number of amides is 1. The van der Waals surface area contributed by atoms with E-state index in [0.29, 0.717) is 37.3 Å². The quantitative estimate of drug-likeness (QED) is 0.612. The van der Waals surface area contributed by atoms with Crippen LogP contribution in [0.1, 0.15) is 35.4 Å². The van der Waals surface area contributed by atoms with Crippen LogP contribution in [-0.4, -0.2) is 41.5 Å². The minimum Gasteiger partial charge on any atom is -0.325 e. The molecule has 1 N–H and O–H groups in total. The Morgan fingerprint density at radius 1 is 0.939 bits per heavy atom. The summed E-state index contributed by atoms with van der Waals surface area (Å²) in [4.78, 5) is 13.1. The van der Waals surface area contributed by atoms with E-state index in [1.165, 1.54) is 4.31 Å². The molecule has 0 aliphatic carbocycles. The smallest absolute Gasteiger partial charge is 0.246 e. The first kappa shape index (κ1) is 23.2. The zero-order chi connectivity index (χ0) is 23.8. The van der Waals surface area contributed by atoms with Gasteiger partial charge in [-0.3, -0.25) is 4.79 Å². The van der Waals surface area contributed by atoms with E-state index in [1.54, 1.807) is 18.5 Å². The maximum Gasteiger partial charge on any atom is 0.246 e. The van der Waals surface area contributed by atoms with Crippen molar-refractivity contribution in [2.24, 2.45) is 5.92 Å². The van der Waals surface area contributed by atoms with Crippen LogP contribution in [0.25, 0.3) is 5.69 Å². The van der Waals surface area contributed by atoms with Crippen molar-refractivity contribution < 1.29 is 13.2 Å². The van der Waals surface area contributed by atoms with Gasteiger partial charge in [-0.1, -0.05) is 36.4 Å². The van der Waals surface area contributed by atoms with Gasteiger partial charge in [-0.15, -0.1) is 0 Å². The number of aryl methyl sites for hydroxylation is 3. The number of anilines is 1. The van der Waals surface area contributed by atoms with Crippen molar-refractivity contribution in [1.82, 2.24) is 14.1 Å². The maximum atomic E-state index is 13.5. The first-order valence-electron chi connectivity index (χ1n) is 11.2. The highest BCUT2D eigenvalue weighted by Crippen LogP contribution is 2.30. The Kier molecular flexibility index (Phi) is 6.41. The van der Waals surface area contributed by atoms with Crippen LogP contribution in [0, 0.1) is 33.6 Å². The number of hydrogen-bond acceptors (Lipinski definition) is 4. The first-order valence-corrected chi connectivity index (χ1v) is 12.6. The van der Waals surface area contributed by atoms with Crippen molar-refractivity contribution in [1.29, 1.82) is 0 Å². The van der Waals surface area contributed by atoms with Gasteiger partial charge in [0.1, 0.15) is 4.90 Å². The minimum atomic E-state index is -3.71. The number of sulfonamides is 1. The van der Waals surface area contributed by atoms with Crippen molar-refractivity contribution >= 4 is 21.6 Å². The summed E-state index contributed by atoms with van der Waals surface area (Å²) in [7, 11) is -3.71. The molecule has 7 nitrogen and oxygen atoms in total. The lowest BCUT2D eigenvalue weighted by molar-refractivity contribution is -0.120. The number of para-hydroxylation sites is 2. The van der Waals surface area contributed by atoms with Crippen LogP contribution in [0.5, 0.6) is 0 Å². The fourth-order valence-electron chi connectivity index (χ4n) is 4.55. The van der Waals surface area contributed by atoms with Gasteiger partial charge in [0.15, 0.2) is 0 Å². The van der Waals surface area contributed by atoms with Gasteiger partial charge in [-0.05, 0) is 63.8 Å². The van der Waals surface area contributed by atoms with Crippen molar-refractivity contribution in [2.75, 3.05) is 18.4 Å². The van der Waals surface area contributed by atoms with Crippen molar-refractivity contribution in [3.8, 4) is 5.69 Å². The number of benzene rings is 2. The van der Waals surface area contributed by atoms with Gasteiger partial charge in [0.25, 0.3) is 0 Å². The first-order chi connectivity index (χ1) is 15.7. The van der Waals surface area contributed by atoms with Gasteiger partial charge >= 0.3 is 0 Å². The molecule has 1 aliphatic heterocycles. The lowest BCUT2D eigenvalue weighted by atomic mass is 9.96. The fourth-order valence-corrected chi connectivity index (χ4v) is 6.37. The molecule has 0 saturated carbocycles. The molecule has 4 rings (SSSR count). The minimum absolute atomic E-state index is 0.0475. The van der Waals surface area contributed by atoms with Crippen molar-refractivity contribution in [3.63, 3.8) is 0 Å². The fraction of sp³-hybridized carbons (Fsp3) is 0.360. The monoisotopic (exact) mass is 466 g/mol. The van der Waals surface area contributed by atoms with Crippen LogP contribution in [0.3, 0.4) is 0 Å². The number of nitrogens with one attached hydrogen (secondary N) is 1. The van der Waals surface area contributed by atoms with E-state index in [-0.39, 0.29) is 16.7 Å². The van der Waals surface area contributed by atoms with Gasteiger partial charge < -0.3 is 5.32 Å². The van der Waals surface area contributed by atoms with Gasteiger partial charge in [-0.2, -0.15) is 9.40 Å². The standard InChI is InChI=1S/C25H30N4O3S/c1-17-9-8-10-18(2)23(17)26-25(30)21-13-15-28(16-14-21)33(31,32)24-19(3)27-29(20(24)4)22-11-6-5-7-12-22/h5-12,21H,13-16H2,1-4H3,(H,26,30). The normalized spacial score (nSPS) is 15.5. The van der Waals surface area contributed by atoms with Crippen molar-refractivity contribution in [2.45, 2.75) is 45.4 Å². The van der Waals surface area contributed by atoms with E-state index >= 15 is 0 Å². The number of carbonyl (C=O) groups excluding carboxylic acids is 1. The number of carbonyl (C=O) groups is 1. The molecule has 2 heterocycles. The van der Waals surface area contributed by atoms with E-state index in [4.69, 9.17) is 0 Å². The predicted octanol–water partition coefficient (Wildman–Crippen LogP) is 4.15. The number of piperidine rings is 1. The molecule has 0 atom stereocenters. The molecule has 0 radical (unpaired) electrons. The van der Waals surface area contributed by atoms with Gasteiger partial charge in [0.05, 0.1) is 17.1 Å². The number of rotatable bonds is 5. The molecule has 0 unspecified atom stereocenters. The molecular weight excluding hydrogens is 436 g/mol. The highest BCUT2D eigenvalue weighted by molar-refractivity contribution is 7.89. The van der Waals surface area contributed by atoms with E-state index < -0.39 is 10.0 Å². The second-order valence-corrected chi connectivity index (χ2v) is 10.6. The van der Waals surface area contributed by atoms with Gasteiger partial charge in [-0.25, -0.2) is 13.1 Å². The third-order valence-corrected chi connectivity index (χ3v) is 8.53. The molecule has 3 aromatic rings. The van der Waals surface area contributed by atoms with Crippen LogP contribution in [0.2, 0.25) is 0 Å². The lowest BCUT2D eigenvalue weighted by Gasteiger charge is -2.30. The summed E-state index contributed by atoms with van der Waals surface area (Å²) in [5, 5.41) is 7.55. The zero-order valence-electron chi connectivity index (χ0n) is 19.5. The van der Waals surface area contributed by atoms with Gasteiger partial charge in [0.2, 0.25) is 15.9 Å². The van der Waals surface area contributed by atoms with Crippen LogP contribution >= 0.6 is 0 Å². The van der Waals surface area contributed by atoms with E-state index in [2.05, 4.69) is 10.4 Å². The number of hydrogen-bond donors (Lipinski definition) is 1. The predicted molar refractivity (Wildman–Crippen MR) is 129 cm³/mol. The third-order valence-electron chi connectivity index (χ3n) is 6.38. The van der Waals surface area contributed by atoms with Crippen LogP contribution in [-0.2, 0) is 14.8 Å². The average molecular weight is 467 g/mol. The van der Waals surface area contributed by atoms with E-state index in [9.17, 15) is 13.2 Å². The zero-order valence-corrected chi connectivity index (χ0v) is 20.3. The Morgan fingerprint density at radius 3 is 2.15 bits per heavy atom. The molecule has 1 amide bonds. The number of aromatic nitrogens is 2. The Hall–Kier alpha value is -2.97. The van der Waals surface area contributed by atoms with E-state index in [0.717, 1.165) is 22.5 Å². The Balaban J connectivity index is 1.49. The largest absolute Gasteiger partial charge is 0.325 e. The molecule has 1 saturated heterocycles. The third kappa shape index (κ3) is 4.45. The van der Waals surface area contributed by atoms with E-state index in [1.807, 2.05) is 62.4 Å². The molecule has 1 aromatic heterocycles. The molecule has 0 bridgehead atoms. The van der Waals surface area contributed by atoms with Gasteiger partial charge in [0, 0.05) is 24.7 Å². The summed E-state index contributed by atoms with van der Waals surface area (Å²) >= 11 is 0. The Morgan fingerprint density at radius 2 is 1.55 bits per heavy atom. The average Bonchev–Trinajstić information content (AvgIpc) is 3.11. The second-order valence-electron chi connectivity index (χ2n) is 8.68. The highest BCUT2D eigenvalue weighted by Gasteiger charge is 2.35. The topological polar surface area (TPSA) is 84.3 Å². The lowest BCUT2D eigenvalue weighted by Crippen LogP contribution is -2.41. The molecule has 174 valence electrons. The highest BCUT2D eigenvalue weighted by atomic mass is 32.2. The van der Waals surface area contributed by atoms with Crippen LogP contribution in [0.4, 0.5) is 5.69 Å². The molecule has 33 heavy (non-hydrogen) atoms. The molecular formula is C25H30N4O3S. The number of nitrogens with zero attached hydrogens (tertiary/aromatic N) is 3. The summed E-state index contributed by atoms with van der Waals surface area (Å²) in [5.41, 5.74) is 4.77. The summed E-state index contributed by atoms with van der Waals surface area (Å²) in [6.07, 6.45) is 0.974. The summed E-state index contributed by atoms with van der Waals surface area (Å²) < 4.78 is 30.2. The van der Waals surface area contributed by atoms with Crippen LogP contribution in [0.15, 0.2) is 53.4 Å². The second kappa shape index (κ2) is 9.11. The molecule has 0 spiro atoms.